The van der Waals surface area contributed by atoms with Gasteiger partial charge in [0, 0.05) is 25.2 Å². The molecule has 2 fully saturated rings. The van der Waals surface area contributed by atoms with Gasteiger partial charge < -0.3 is 15.4 Å². The van der Waals surface area contributed by atoms with E-state index in [2.05, 4.69) is 17.6 Å². The molecule has 0 aromatic carbocycles. The van der Waals surface area contributed by atoms with Crippen molar-refractivity contribution < 1.29 is 4.74 Å². The summed E-state index contributed by atoms with van der Waals surface area (Å²) >= 11 is 0. The molecule has 2 heterocycles. The topological polar surface area (TPSA) is 33.3 Å². The molecule has 2 N–H and O–H groups in total. The van der Waals surface area contributed by atoms with E-state index in [1.54, 1.807) is 0 Å². The highest BCUT2D eigenvalue weighted by Gasteiger charge is 2.31. The molecule has 0 saturated carbocycles. The minimum absolute atomic E-state index is 0.388. The van der Waals surface area contributed by atoms with Crippen LogP contribution < -0.4 is 10.6 Å². The van der Waals surface area contributed by atoms with E-state index in [4.69, 9.17) is 4.74 Å². The van der Waals surface area contributed by atoms with Crippen LogP contribution in [0.5, 0.6) is 0 Å². The molecular formula is C12H24N2O. The first kappa shape index (κ1) is 11.4. The third kappa shape index (κ3) is 2.92. The zero-order chi connectivity index (χ0) is 10.6. The van der Waals surface area contributed by atoms with Gasteiger partial charge in [0.05, 0.1) is 6.61 Å². The lowest BCUT2D eigenvalue weighted by Gasteiger charge is -2.29. The normalized spacial score (nSPS) is 36.2. The molecule has 0 bridgehead atoms. The van der Waals surface area contributed by atoms with Gasteiger partial charge in [0.25, 0.3) is 0 Å². The van der Waals surface area contributed by atoms with Crippen molar-refractivity contribution in [3.63, 3.8) is 0 Å². The van der Waals surface area contributed by atoms with Crippen molar-refractivity contribution in [1.29, 1.82) is 0 Å². The molecule has 3 heteroatoms. The lowest BCUT2D eigenvalue weighted by molar-refractivity contribution is 0.184. The van der Waals surface area contributed by atoms with Crippen molar-refractivity contribution in [2.24, 2.45) is 5.92 Å². The number of hydrogen-bond acceptors (Lipinski definition) is 3. The minimum Gasteiger partial charge on any atom is -0.381 e. The molecule has 0 spiro atoms. The van der Waals surface area contributed by atoms with Gasteiger partial charge in [-0.15, -0.1) is 0 Å². The van der Waals surface area contributed by atoms with Crippen molar-refractivity contribution in [2.75, 3.05) is 32.8 Å². The van der Waals surface area contributed by atoms with E-state index in [0.29, 0.717) is 5.54 Å². The molecule has 15 heavy (non-hydrogen) atoms. The van der Waals surface area contributed by atoms with Gasteiger partial charge in [0.1, 0.15) is 0 Å². The molecular weight excluding hydrogens is 188 g/mol. The van der Waals surface area contributed by atoms with Crippen LogP contribution in [0.25, 0.3) is 0 Å². The molecule has 2 aliphatic rings. The molecule has 3 nitrogen and oxygen atoms in total. The molecule has 0 radical (unpaired) electrons. The molecule has 2 atom stereocenters. The average Bonchev–Trinajstić information content (AvgIpc) is 2.89. The molecule has 2 rings (SSSR count). The first-order valence-electron chi connectivity index (χ1n) is 6.38. The second-order valence-electron chi connectivity index (χ2n) is 5.02. The molecule has 88 valence electrons. The highest BCUT2D eigenvalue weighted by atomic mass is 16.5. The van der Waals surface area contributed by atoms with Crippen molar-refractivity contribution in [3.05, 3.63) is 0 Å². The van der Waals surface area contributed by atoms with E-state index < -0.39 is 0 Å². The van der Waals surface area contributed by atoms with Crippen LogP contribution in [0.3, 0.4) is 0 Å². The van der Waals surface area contributed by atoms with Crippen molar-refractivity contribution in [3.8, 4) is 0 Å². The third-order valence-corrected chi connectivity index (χ3v) is 3.93. The molecule has 2 unspecified atom stereocenters. The Hall–Kier alpha value is -0.120. The van der Waals surface area contributed by atoms with Gasteiger partial charge in [-0.2, -0.15) is 0 Å². The lowest BCUT2D eigenvalue weighted by Crippen LogP contribution is -2.48. The fraction of sp³-hybridized carbons (Fsp3) is 1.00. The summed E-state index contributed by atoms with van der Waals surface area (Å²) in [6.07, 6.45) is 5.14. The van der Waals surface area contributed by atoms with Crippen molar-refractivity contribution in [1.82, 2.24) is 10.6 Å². The van der Waals surface area contributed by atoms with Crippen LogP contribution in [0.4, 0.5) is 0 Å². The van der Waals surface area contributed by atoms with Gasteiger partial charge >= 0.3 is 0 Å². The molecule has 0 amide bonds. The second-order valence-corrected chi connectivity index (χ2v) is 5.02. The summed E-state index contributed by atoms with van der Waals surface area (Å²) in [4.78, 5) is 0. The summed E-state index contributed by atoms with van der Waals surface area (Å²) < 4.78 is 5.38. The summed E-state index contributed by atoms with van der Waals surface area (Å²) in [6, 6.07) is 0. The molecule has 0 aromatic rings. The van der Waals surface area contributed by atoms with Gasteiger partial charge in [0.2, 0.25) is 0 Å². The maximum atomic E-state index is 5.38. The van der Waals surface area contributed by atoms with E-state index in [1.165, 1.54) is 32.2 Å². The summed E-state index contributed by atoms with van der Waals surface area (Å²) in [5, 5.41) is 7.27. The van der Waals surface area contributed by atoms with Gasteiger partial charge in [0.15, 0.2) is 0 Å². The van der Waals surface area contributed by atoms with Crippen molar-refractivity contribution >= 4 is 0 Å². The average molecular weight is 212 g/mol. The fourth-order valence-corrected chi connectivity index (χ4v) is 2.71. The van der Waals surface area contributed by atoms with Gasteiger partial charge in [-0.25, -0.2) is 0 Å². The Bertz CT molecular complexity index is 184. The maximum absolute atomic E-state index is 5.38. The number of rotatable bonds is 5. The Kier molecular flexibility index (Phi) is 4.00. The highest BCUT2D eigenvalue weighted by Crippen LogP contribution is 2.22. The van der Waals surface area contributed by atoms with E-state index >= 15 is 0 Å². The quantitative estimate of drug-likeness (QED) is 0.717. The Morgan fingerprint density at radius 2 is 2.47 bits per heavy atom. The molecule has 2 saturated heterocycles. The van der Waals surface area contributed by atoms with Gasteiger partial charge in [-0.05, 0) is 38.1 Å². The second kappa shape index (κ2) is 5.28. The van der Waals surface area contributed by atoms with Crippen molar-refractivity contribution in [2.45, 2.75) is 38.1 Å². The SMILES string of the molecule is CCC1(CNCC2CCOC2)CCCN1. The summed E-state index contributed by atoms with van der Waals surface area (Å²) in [5.74, 6) is 0.750. The predicted octanol–water partition coefficient (Wildman–Crippen LogP) is 1.14. The maximum Gasteiger partial charge on any atom is 0.0507 e. The van der Waals surface area contributed by atoms with Crippen LogP contribution in [-0.2, 0) is 4.74 Å². The van der Waals surface area contributed by atoms with Gasteiger partial charge in [-0.3, -0.25) is 0 Å². The Balaban J connectivity index is 1.67. The Morgan fingerprint density at radius 3 is 3.07 bits per heavy atom. The van der Waals surface area contributed by atoms with Gasteiger partial charge in [-0.1, -0.05) is 6.92 Å². The van der Waals surface area contributed by atoms with Crippen LogP contribution in [0.15, 0.2) is 0 Å². The fourth-order valence-electron chi connectivity index (χ4n) is 2.71. The minimum atomic E-state index is 0.388. The first-order valence-corrected chi connectivity index (χ1v) is 6.38. The summed E-state index contributed by atoms with van der Waals surface area (Å²) in [5.41, 5.74) is 0.388. The predicted molar refractivity (Wildman–Crippen MR) is 62.1 cm³/mol. The van der Waals surface area contributed by atoms with Crippen LogP contribution >= 0.6 is 0 Å². The summed E-state index contributed by atoms with van der Waals surface area (Å²) in [6.45, 7) is 7.66. The molecule has 2 aliphatic heterocycles. The monoisotopic (exact) mass is 212 g/mol. The van der Waals surface area contributed by atoms with Crippen LogP contribution in [0.2, 0.25) is 0 Å². The van der Waals surface area contributed by atoms with E-state index in [0.717, 1.165) is 32.2 Å². The van der Waals surface area contributed by atoms with E-state index in [1.807, 2.05) is 0 Å². The Labute approximate surface area is 93.0 Å². The van der Waals surface area contributed by atoms with Crippen LogP contribution in [-0.4, -0.2) is 38.4 Å². The third-order valence-electron chi connectivity index (χ3n) is 3.93. The first-order chi connectivity index (χ1) is 7.35. The largest absolute Gasteiger partial charge is 0.381 e. The highest BCUT2D eigenvalue weighted by molar-refractivity contribution is 4.93. The summed E-state index contributed by atoms with van der Waals surface area (Å²) in [7, 11) is 0. The smallest absolute Gasteiger partial charge is 0.0507 e. The van der Waals surface area contributed by atoms with Crippen LogP contribution in [0, 0.1) is 5.92 Å². The number of nitrogens with one attached hydrogen (secondary N) is 2. The van der Waals surface area contributed by atoms with Crippen LogP contribution in [0.1, 0.15) is 32.6 Å². The number of ether oxygens (including phenoxy) is 1. The lowest BCUT2D eigenvalue weighted by atomic mass is 9.94. The standard InChI is InChI=1S/C12H24N2O/c1-2-12(5-3-6-14-12)10-13-8-11-4-7-15-9-11/h11,13-14H,2-10H2,1H3. The number of hydrogen-bond donors (Lipinski definition) is 2. The molecule has 0 aromatic heterocycles. The molecule has 0 aliphatic carbocycles. The van der Waals surface area contributed by atoms with E-state index in [-0.39, 0.29) is 0 Å². The zero-order valence-electron chi connectivity index (χ0n) is 9.85. The zero-order valence-corrected chi connectivity index (χ0v) is 9.85. The van der Waals surface area contributed by atoms with E-state index in [9.17, 15) is 0 Å². The Morgan fingerprint density at radius 1 is 1.53 bits per heavy atom.